The molecular weight excluding hydrogens is 418 g/mol. The van der Waals surface area contributed by atoms with Crippen LogP contribution in [0.15, 0.2) is 48.0 Å². The molecule has 1 unspecified atom stereocenters. The van der Waals surface area contributed by atoms with E-state index in [0.717, 1.165) is 48.3 Å². The van der Waals surface area contributed by atoms with Crippen LogP contribution < -0.4 is 9.47 Å². The molecule has 2 aromatic rings. The van der Waals surface area contributed by atoms with Gasteiger partial charge in [-0.3, -0.25) is 9.59 Å². The summed E-state index contributed by atoms with van der Waals surface area (Å²) >= 11 is 0. The number of ketones is 1. The predicted octanol–water partition coefficient (Wildman–Crippen LogP) is 5.02. The number of benzene rings is 2. The number of nitrogens with zero attached hydrogens (tertiary/aromatic N) is 1. The maximum atomic E-state index is 13.0. The molecule has 0 bridgehead atoms. The molecule has 6 nitrogen and oxygen atoms in total. The Balaban J connectivity index is 1.68. The van der Waals surface area contributed by atoms with Gasteiger partial charge in [0, 0.05) is 18.5 Å². The lowest BCUT2D eigenvalue weighted by Gasteiger charge is -2.25. The minimum absolute atomic E-state index is 0.129. The van der Waals surface area contributed by atoms with Crippen molar-refractivity contribution in [1.82, 2.24) is 4.90 Å². The summed E-state index contributed by atoms with van der Waals surface area (Å²) in [6, 6.07) is 12.2. The molecule has 1 amide bonds. The highest BCUT2D eigenvalue weighted by Gasteiger charge is 2.45. The van der Waals surface area contributed by atoms with Crippen molar-refractivity contribution in [3.63, 3.8) is 0 Å². The Morgan fingerprint density at radius 2 is 1.88 bits per heavy atom. The van der Waals surface area contributed by atoms with E-state index < -0.39 is 17.7 Å². The number of carbonyl (C=O) groups is 2. The SMILES string of the molecule is CCCCCOc1ccc(C2/C(=C(/O)c3ccc4c(c3)CCO4)C(=O)C(=O)N2CCC)cc1. The average molecular weight is 450 g/mol. The largest absolute Gasteiger partial charge is 0.507 e. The van der Waals surface area contributed by atoms with Crippen molar-refractivity contribution in [2.45, 2.75) is 52.0 Å². The Labute approximate surface area is 194 Å². The number of hydrogen-bond acceptors (Lipinski definition) is 5. The summed E-state index contributed by atoms with van der Waals surface area (Å²) in [6.45, 7) is 5.80. The number of rotatable bonds is 9. The third-order valence-electron chi connectivity index (χ3n) is 6.18. The molecule has 0 aromatic heterocycles. The topological polar surface area (TPSA) is 76.1 Å². The molecular formula is C27H31NO5. The summed E-state index contributed by atoms with van der Waals surface area (Å²) in [6.07, 6.45) is 4.72. The normalized spacial score (nSPS) is 19.0. The first-order valence-corrected chi connectivity index (χ1v) is 11.8. The van der Waals surface area contributed by atoms with Gasteiger partial charge in [-0.1, -0.05) is 38.8 Å². The molecule has 2 aromatic carbocycles. The molecule has 2 aliphatic rings. The molecule has 33 heavy (non-hydrogen) atoms. The van der Waals surface area contributed by atoms with Gasteiger partial charge in [-0.05, 0) is 54.3 Å². The molecule has 6 heteroatoms. The van der Waals surface area contributed by atoms with Crippen LogP contribution in [-0.2, 0) is 16.0 Å². The summed E-state index contributed by atoms with van der Waals surface area (Å²) in [5.74, 6) is 0.173. The molecule has 174 valence electrons. The highest BCUT2D eigenvalue weighted by Crippen LogP contribution is 2.40. The molecule has 0 spiro atoms. The molecule has 0 saturated carbocycles. The lowest BCUT2D eigenvalue weighted by atomic mass is 9.94. The van der Waals surface area contributed by atoms with Crippen LogP contribution in [0, 0.1) is 0 Å². The van der Waals surface area contributed by atoms with Crippen LogP contribution in [0.4, 0.5) is 0 Å². The number of aliphatic hydroxyl groups is 1. The van der Waals surface area contributed by atoms with Crippen LogP contribution in [0.3, 0.4) is 0 Å². The van der Waals surface area contributed by atoms with E-state index in [9.17, 15) is 14.7 Å². The fourth-order valence-corrected chi connectivity index (χ4v) is 4.48. The Morgan fingerprint density at radius 3 is 2.61 bits per heavy atom. The number of ether oxygens (including phenoxy) is 2. The Hall–Kier alpha value is -3.28. The van der Waals surface area contributed by atoms with E-state index in [1.165, 1.54) is 0 Å². The van der Waals surface area contributed by atoms with Crippen molar-refractivity contribution in [2.24, 2.45) is 0 Å². The molecule has 1 atom stereocenters. The number of hydrogen-bond donors (Lipinski definition) is 1. The third-order valence-corrected chi connectivity index (χ3v) is 6.18. The van der Waals surface area contributed by atoms with E-state index in [0.29, 0.717) is 31.7 Å². The van der Waals surface area contributed by atoms with Crippen LogP contribution in [0.2, 0.25) is 0 Å². The number of likely N-dealkylation sites (tertiary alicyclic amines) is 1. The third kappa shape index (κ3) is 4.61. The van der Waals surface area contributed by atoms with Gasteiger partial charge in [-0.15, -0.1) is 0 Å². The minimum Gasteiger partial charge on any atom is -0.507 e. The van der Waals surface area contributed by atoms with Gasteiger partial charge in [-0.2, -0.15) is 0 Å². The maximum absolute atomic E-state index is 13.0. The average Bonchev–Trinajstić information content (AvgIpc) is 3.40. The second-order valence-corrected chi connectivity index (χ2v) is 8.54. The zero-order valence-corrected chi connectivity index (χ0v) is 19.3. The predicted molar refractivity (Wildman–Crippen MR) is 126 cm³/mol. The van der Waals surface area contributed by atoms with Crippen LogP contribution >= 0.6 is 0 Å². The lowest BCUT2D eigenvalue weighted by molar-refractivity contribution is -0.139. The van der Waals surface area contributed by atoms with Gasteiger partial charge in [0.2, 0.25) is 0 Å². The molecule has 4 rings (SSSR count). The first-order chi connectivity index (χ1) is 16.0. The number of carbonyl (C=O) groups excluding carboxylic acids is 2. The van der Waals surface area contributed by atoms with Crippen molar-refractivity contribution in [3.8, 4) is 11.5 Å². The van der Waals surface area contributed by atoms with E-state index in [1.807, 2.05) is 37.3 Å². The van der Waals surface area contributed by atoms with Crippen LogP contribution in [0.5, 0.6) is 11.5 Å². The van der Waals surface area contributed by atoms with Crippen LogP contribution in [0.25, 0.3) is 5.76 Å². The number of unbranched alkanes of at least 4 members (excludes halogenated alkanes) is 2. The second kappa shape index (κ2) is 10.1. The monoisotopic (exact) mass is 449 g/mol. The Kier molecular flexibility index (Phi) is 7.02. The van der Waals surface area contributed by atoms with E-state index in [2.05, 4.69) is 6.92 Å². The van der Waals surface area contributed by atoms with Crippen molar-refractivity contribution in [3.05, 3.63) is 64.7 Å². The maximum Gasteiger partial charge on any atom is 0.295 e. The van der Waals surface area contributed by atoms with Gasteiger partial charge in [0.1, 0.15) is 17.3 Å². The standard InChI is InChI=1S/C27H31NO5/c1-3-5-6-15-32-21-10-7-18(8-11-21)24-23(26(30)27(31)28(24)14-4-2)25(29)20-9-12-22-19(17-20)13-16-33-22/h7-12,17,24,29H,3-6,13-16H2,1-2H3/b25-23-. The van der Waals surface area contributed by atoms with Crippen molar-refractivity contribution in [1.29, 1.82) is 0 Å². The number of fused-ring (bicyclic) bond motifs is 1. The lowest BCUT2D eigenvalue weighted by Crippen LogP contribution is -2.30. The van der Waals surface area contributed by atoms with E-state index >= 15 is 0 Å². The number of amides is 1. The van der Waals surface area contributed by atoms with Gasteiger partial charge in [-0.25, -0.2) is 0 Å². The fraction of sp³-hybridized carbons (Fsp3) is 0.407. The van der Waals surface area contributed by atoms with Gasteiger partial charge >= 0.3 is 0 Å². The smallest absolute Gasteiger partial charge is 0.295 e. The van der Waals surface area contributed by atoms with Gasteiger partial charge in [0.05, 0.1) is 24.8 Å². The highest BCUT2D eigenvalue weighted by atomic mass is 16.5. The Morgan fingerprint density at radius 1 is 1.09 bits per heavy atom. The second-order valence-electron chi connectivity index (χ2n) is 8.54. The van der Waals surface area contributed by atoms with Crippen molar-refractivity contribution >= 4 is 17.4 Å². The zero-order valence-electron chi connectivity index (χ0n) is 19.3. The summed E-state index contributed by atoms with van der Waals surface area (Å²) in [5.41, 5.74) is 2.41. The van der Waals surface area contributed by atoms with E-state index in [1.54, 1.807) is 17.0 Å². The van der Waals surface area contributed by atoms with Crippen LogP contribution in [-0.4, -0.2) is 41.5 Å². The first kappa shape index (κ1) is 22.9. The first-order valence-electron chi connectivity index (χ1n) is 11.8. The van der Waals surface area contributed by atoms with Gasteiger partial charge in [0.25, 0.3) is 11.7 Å². The summed E-state index contributed by atoms with van der Waals surface area (Å²) in [7, 11) is 0. The highest BCUT2D eigenvalue weighted by molar-refractivity contribution is 6.46. The summed E-state index contributed by atoms with van der Waals surface area (Å²) < 4.78 is 11.4. The van der Waals surface area contributed by atoms with Crippen molar-refractivity contribution < 1.29 is 24.2 Å². The molecule has 2 heterocycles. The number of aliphatic hydroxyl groups excluding tert-OH is 1. The van der Waals surface area contributed by atoms with Crippen molar-refractivity contribution in [2.75, 3.05) is 19.8 Å². The van der Waals surface area contributed by atoms with E-state index in [4.69, 9.17) is 9.47 Å². The van der Waals surface area contributed by atoms with Crippen LogP contribution in [0.1, 0.15) is 62.3 Å². The minimum atomic E-state index is -0.650. The molecule has 1 fully saturated rings. The zero-order chi connectivity index (χ0) is 23.4. The van der Waals surface area contributed by atoms with E-state index in [-0.39, 0.29) is 11.3 Å². The summed E-state index contributed by atoms with van der Waals surface area (Å²) in [5, 5.41) is 11.2. The molecule has 2 aliphatic heterocycles. The fourth-order valence-electron chi connectivity index (χ4n) is 4.48. The summed E-state index contributed by atoms with van der Waals surface area (Å²) in [4.78, 5) is 27.5. The Bertz CT molecular complexity index is 1060. The quantitative estimate of drug-likeness (QED) is 0.252. The number of Topliss-reactive ketones (excluding diaryl/α,β-unsaturated/α-hetero) is 1. The molecule has 1 saturated heterocycles. The van der Waals surface area contributed by atoms with Gasteiger partial charge < -0.3 is 19.5 Å². The molecule has 0 aliphatic carbocycles. The molecule has 0 radical (unpaired) electrons. The molecule has 1 N–H and O–H groups in total. The van der Waals surface area contributed by atoms with Gasteiger partial charge in [0.15, 0.2) is 0 Å².